The highest BCUT2D eigenvalue weighted by molar-refractivity contribution is 7.17. The molecule has 496 valence electrons. The molecule has 3 aliphatic rings. The van der Waals surface area contributed by atoms with E-state index in [0.29, 0.717) is 41.8 Å². The summed E-state index contributed by atoms with van der Waals surface area (Å²) < 4.78 is 16.7. The molecule has 3 saturated heterocycles. The molecule has 4 aromatic carbocycles. The van der Waals surface area contributed by atoms with Crippen LogP contribution in [0.2, 0.25) is 0 Å². The summed E-state index contributed by atoms with van der Waals surface area (Å²) in [5.74, 6) is -7.89. The maximum Gasteiger partial charge on any atom is 0.251 e. The van der Waals surface area contributed by atoms with Crippen LogP contribution in [0.3, 0.4) is 0 Å². The fourth-order valence-electron chi connectivity index (χ4n) is 11.1. The molecule has 1 aromatic heterocycles. The van der Waals surface area contributed by atoms with E-state index in [9.17, 15) is 69.3 Å². The van der Waals surface area contributed by atoms with Crippen molar-refractivity contribution in [2.75, 3.05) is 59.2 Å². The van der Waals surface area contributed by atoms with Gasteiger partial charge in [0.25, 0.3) is 5.91 Å². The molecule has 0 bridgehead atoms. The van der Waals surface area contributed by atoms with Crippen LogP contribution >= 0.6 is 11.3 Å². The molecule has 13 atom stereocenters. The fourth-order valence-corrected chi connectivity index (χ4v) is 11.9. The number of phenolic OH excluding ortho intramolecular Hbond substituents is 1. The monoisotopic (exact) mass is 1300 g/mol. The van der Waals surface area contributed by atoms with Gasteiger partial charge < -0.3 is 97.8 Å². The molecule has 16 N–H and O–H groups in total. The standard InChI is InChI=1S/C63H81N11O17S/c1-4-89-24-25-90-43-17-15-37(16-18-43)36-7-11-39(12-8-36)60-71-72-61(92-60)40-13-9-38(10-14-40)55(82)67-44-28-41(76)30-66-59(86)53-54(81)33(2)31-74(53)63(88)52(47(79)20-22-65)70-58(85)51(48(80)26-35-6-19-46(78)49(27-35)91-23-5-21-64)69-57(84)45-29-42(77)32-73(45)62(87)50(34(3)75)68-56(44)83/h6-19,27,33-34,41-42,44-45,47-48,50-54,75-81H,4-5,20-26,28-32,64-65H2,1-3H3,(H,66,86)(H,67,82)(H,68,83)(H,69,84)(H,70,85)/t33-,34+,41+,42+,44?,45-,47+,48+,50-,51-,52-,53-,54-/m0/s1. The van der Waals surface area contributed by atoms with Gasteiger partial charge in [0.15, 0.2) is 11.5 Å². The third kappa shape index (κ3) is 17.5. The van der Waals surface area contributed by atoms with Crippen molar-refractivity contribution < 1.29 is 83.5 Å². The van der Waals surface area contributed by atoms with Gasteiger partial charge in [-0.2, -0.15) is 0 Å². The quantitative estimate of drug-likeness (QED) is 0.0379. The van der Waals surface area contributed by atoms with Crippen molar-refractivity contribution in [2.45, 2.75) is 126 Å². The summed E-state index contributed by atoms with van der Waals surface area (Å²) in [6, 6.07) is 14.7. The predicted molar refractivity (Wildman–Crippen MR) is 334 cm³/mol. The Kier molecular flexibility index (Phi) is 24.5. The van der Waals surface area contributed by atoms with E-state index in [-0.39, 0.29) is 55.3 Å². The average Bonchev–Trinajstić information content (AvgIpc) is 1.70. The van der Waals surface area contributed by atoms with Crippen LogP contribution in [0.25, 0.3) is 32.3 Å². The number of β-amino-alcohol motifs (C(OH)–C–C–N with tert-alkyl or cyclic N) is 1. The summed E-state index contributed by atoms with van der Waals surface area (Å²) in [5.41, 5.74) is 15.1. The van der Waals surface area contributed by atoms with Crippen LogP contribution < -0.4 is 47.5 Å². The van der Waals surface area contributed by atoms with Crippen LogP contribution in [0.1, 0.15) is 62.4 Å². The van der Waals surface area contributed by atoms with Gasteiger partial charge in [-0.1, -0.05) is 72.9 Å². The number of carbonyl (C=O) groups is 7. The molecule has 3 fully saturated rings. The lowest BCUT2D eigenvalue weighted by Crippen LogP contribution is -2.64. The Balaban J connectivity index is 1.05. The summed E-state index contributed by atoms with van der Waals surface area (Å²) in [4.78, 5) is 103. The summed E-state index contributed by atoms with van der Waals surface area (Å²) in [6.07, 6.45) is -11.5. The van der Waals surface area contributed by atoms with Crippen LogP contribution in [-0.2, 0) is 39.9 Å². The topological polar surface area (TPSA) is 433 Å². The van der Waals surface area contributed by atoms with Crippen molar-refractivity contribution in [3.05, 3.63) is 102 Å². The number of nitrogens with two attached hydrogens (primary N) is 2. The number of hydrogen-bond donors (Lipinski definition) is 14. The zero-order chi connectivity index (χ0) is 66.3. The van der Waals surface area contributed by atoms with Crippen molar-refractivity contribution in [1.82, 2.24) is 46.6 Å². The minimum absolute atomic E-state index is 0.00138. The van der Waals surface area contributed by atoms with Gasteiger partial charge in [0, 0.05) is 68.1 Å². The van der Waals surface area contributed by atoms with Gasteiger partial charge >= 0.3 is 0 Å². The molecular weight excluding hydrogens is 1210 g/mol. The molecule has 29 heteroatoms. The molecule has 92 heavy (non-hydrogen) atoms. The van der Waals surface area contributed by atoms with Crippen molar-refractivity contribution in [3.8, 4) is 49.5 Å². The van der Waals surface area contributed by atoms with E-state index >= 15 is 0 Å². The molecule has 7 amide bonds. The smallest absolute Gasteiger partial charge is 0.251 e. The minimum Gasteiger partial charge on any atom is -0.504 e. The number of carbonyl (C=O) groups excluding carboxylic acids is 7. The zero-order valence-corrected chi connectivity index (χ0v) is 51.9. The normalized spacial score (nSPS) is 24.6. The largest absolute Gasteiger partial charge is 0.504 e. The van der Waals surface area contributed by atoms with Crippen LogP contribution in [0.5, 0.6) is 17.2 Å². The van der Waals surface area contributed by atoms with Crippen LogP contribution in [0, 0.1) is 5.92 Å². The van der Waals surface area contributed by atoms with Crippen molar-refractivity contribution in [3.63, 3.8) is 0 Å². The van der Waals surface area contributed by atoms with Gasteiger partial charge in [-0.3, -0.25) is 33.6 Å². The Labute approximate surface area is 534 Å². The number of phenols is 1. The summed E-state index contributed by atoms with van der Waals surface area (Å²) in [7, 11) is 0. The lowest BCUT2D eigenvalue weighted by atomic mass is 9.98. The van der Waals surface area contributed by atoms with E-state index in [0.717, 1.165) is 39.2 Å². The van der Waals surface area contributed by atoms with Crippen molar-refractivity contribution in [2.24, 2.45) is 17.4 Å². The molecular formula is C63H81N11O17S. The van der Waals surface area contributed by atoms with Crippen molar-refractivity contribution >= 4 is 52.7 Å². The second-order valence-corrected chi connectivity index (χ2v) is 24.0. The van der Waals surface area contributed by atoms with Gasteiger partial charge in [-0.05, 0) is 92.9 Å². The number of nitrogens with one attached hydrogen (secondary N) is 5. The molecule has 0 saturated carbocycles. The van der Waals surface area contributed by atoms with Crippen molar-refractivity contribution in [1.29, 1.82) is 0 Å². The van der Waals surface area contributed by atoms with Gasteiger partial charge in [-0.15, -0.1) is 10.2 Å². The highest BCUT2D eigenvalue weighted by Gasteiger charge is 2.50. The number of hydrogen-bond acceptors (Lipinski definition) is 22. The number of ether oxygens (including phenoxy) is 3. The third-order valence-electron chi connectivity index (χ3n) is 16.1. The molecule has 0 spiro atoms. The Hall–Kier alpha value is -8.23. The lowest BCUT2D eigenvalue weighted by molar-refractivity contribution is -0.147. The molecule has 8 rings (SSSR count). The SMILES string of the molecule is CCOCCOc1ccc(-c2ccc(-c3nnc(-c4ccc(C(=O)NC5C[C@@H](O)CNC(=O)[C@@H]6[C@@H](O)[C@@H](C)CN6C(=O)[C@H]([C@H](O)CCN)NC(=O)[C@H]([C@H](O)Cc6ccc(O)c(OCCCN)c6)NC(=O)[C@@H]6C[C@@H](O)CN6C(=O)[C@H]([C@@H](C)O)NC5=O)cc4)s3)cc2)cc1. The van der Waals surface area contributed by atoms with Crippen LogP contribution in [-0.4, -0.2) is 229 Å². The van der Waals surface area contributed by atoms with E-state index in [4.69, 9.17) is 25.7 Å². The van der Waals surface area contributed by atoms with E-state index < -0.39 is 152 Å². The first-order valence-electron chi connectivity index (χ1n) is 30.5. The summed E-state index contributed by atoms with van der Waals surface area (Å²) >= 11 is 1.31. The minimum atomic E-state index is -2.04. The molecule has 0 aliphatic carbocycles. The maximum absolute atomic E-state index is 14.7. The number of rotatable bonds is 21. The van der Waals surface area contributed by atoms with E-state index in [1.807, 2.05) is 55.5 Å². The van der Waals surface area contributed by atoms with E-state index in [2.05, 4.69) is 36.8 Å². The molecule has 0 radical (unpaired) electrons. The summed E-state index contributed by atoms with van der Waals surface area (Å²) in [5, 5.41) is 101. The Morgan fingerprint density at radius 3 is 1.96 bits per heavy atom. The first-order valence-corrected chi connectivity index (χ1v) is 31.3. The molecule has 3 aliphatic heterocycles. The van der Waals surface area contributed by atoms with Gasteiger partial charge in [0.2, 0.25) is 35.4 Å². The number of fused-ring (bicyclic) bond motifs is 2. The van der Waals surface area contributed by atoms with Crippen LogP contribution in [0.4, 0.5) is 0 Å². The second kappa shape index (κ2) is 32.4. The predicted octanol–water partition coefficient (Wildman–Crippen LogP) is -1.32. The zero-order valence-electron chi connectivity index (χ0n) is 51.1. The highest BCUT2D eigenvalue weighted by Crippen LogP contribution is 2.33. The van der Waals surface area contributed by atoms with Gasteiger partial charge in [0.05, 0.1) is 49.8 Å². The number of aromatic nitrogens is 2. The second-order valence-electron chi connectivity index (χ2n) is 23.0. The summed E-state index contributed by atoms with van der Waals surface area (Å²) in [6.45, 7) is 4.85. The Morgan fingerprint density at radius 2 is 1.32 bits per heavy atom. The third-order valence-corrected chi connectivity index (χ3v) is 17.1. The molecule has 28 nitrogen and oxygen atoms in total. The highest BCUT2D eigenvalue weighted by atomic mass is 32.1. The Morgan fingerprint density at radius 1 is 0.696 bits per heavy atom. The molecule has 1 unspecified atom stereocenters. The first kappa shape index (κ1) is 69.7. The Bertz CT molecular complexity index is 3340. The van der Waals surface area contributed by atoms with E-state index in [1.54, 1.807) is 12.1 Å². The number of nitrogens with zero attached hydrogens (tertiary/aromatic N) is 4. The molecule has 4 heterocycles. The number of aromatic hydroxyl groups is 1. The average molecular weight is 1300 g/mol. The number of aliphatic hydroxyl groups is 6. The molecule has 5 aromatic rings. The van der Waals surface area contributed by atoms with Gasteiger partial charge in [-0.25, -0.2) is 0 Å². The number of aliphatic hydroxyl groups excluding tert-OH is 6. The maximum atomic E-state index is 14.7. The number of benzene rings is 4. The van der Waals surface area contributed by atoms with E-state index in [1.165, 1.54) is 48.6 Å². The lowest BCUT2D eigenvalue weighted by Gasteiger charge is -2.34. The first-order chi connectivity index (χ1) is 44.1. The van der Waals surface area contributed by atoms with Crippen LogP contribution in [0.15, 0.2) is 91.0 Å². The fraction of sp³-hybridized carbons (Fsp3) is 0.476. The number of amides is 7. The van der Waals surface area contributed by atoms with Gasteiger partial charge in [0.1, 0.15) is 58.6 Å².